The first-order valence-corrected chi connectivity index (χ1v) is 6.05. The number of para-hydroxylation sites is 2. The van der Waals surface area contributed by atoms with Gasteiger partial charge in [-0.2, -0.15) is 0 Å². The fourth-order valence-electron chi connectivity index (χ4n) is 1.88. The van der Waals surface area contributed by atoms with E-state index in [0.717, 1.165) is 11.0 Å². The molecule has 1 aromatic carbocycles. The highest BCUT2D eigenvalue weighted by molar-refractivity contribution is 7.25. The third-order valence-corrected chi connectivity index (χ3v) is 3.75. The van der Waals surface area contributed by atoms with E-state index in [1.807, 2.05) is 24.3 Å². The lowest BCUT2D eigenvalue weighted by Crippen LogP contribution is -2.07. The molecule has 1 N–H and O–H groups in total. The van der Waals surface area contributed by atoms with Crippen LogP contribution < -0.4 is 5.56 Å². The van der Waals surface area contributed by atoms with E-state index in [9.17, 15) is 4.79 Å². The average Bonchev–Trinajstić information content (AvgIpc) is 2.76. The van der Waals surface area contributed by atoms with Gasteiger partial charge in [0.15, 0.2) is 0 Å². The predicted molar refractivity (Wildman–Crippen MR) is 68.6 cm³/mol. The zero-order chi connectivity index (χ0) is 12.1. The van der Waals surface area contributed by atoms with Gasteiger partial charge >= 0.3 is 0 Å². The van der Waals surface area contributed by atoms with Gasteiger partial charge in [-0.15, -0.1) is 16.4 Å². The SMILES string of the molecule is O=c1[nH]nnc2c1sc1nc3ccccc3nc12. The highest BCUT2D eigenvalue weighted by atomic mass is 32.1. The second-order valence-electron chi connectivity index (χ2n) is 3.79. The molecule has 4 rings (SSSR count). The Hall–Kier alpha value is -2.41. The Kier molecular flexibility index (Phi) is 1.76. The Morgan fingerprint density at radius 2 is 1.83 bits per heavy atom. The summed E-state index contributed by atoms with van der Waals surface area (Å²) >= 11 is 1.28. The second-order valence-corrected chi connectivity index (χ2v) is 4.79. The minimum Gasteiger partial charge on any atom is -0.266 e. The normalized spacial score (nSPS) is 11.6. The smallest absolute Gasteiger partial charge is 0.266 e. The number of hydrogen-bond acceptors (Lipinski definition) is 6. The topological polar surface area (TPSA) is 84.4 Å². The third-order valence-electron chi connectivity index (χ3n) is 2.68. The van der Waals surface area contributed by atoms with Crippen LogP contribution in [0.4, 0.5) is 0 Å². The van der Waals surface area contributed by atoms with E-state index >= 15 is 0 Å². The molecule has 7 heteroatoms. The van der Waals surface area contributed by atoms with E-state index in [1.54, 1.807) is 0 Å². The van der Waals surface area contributed by atoms with Crippen LogP contribution in [-0.2, 0) is 0 Å². The summed E-state index contributed by atoms with van der Waals surface area (Å²) in [6.07, 6.45) is 0. The Morgan fingerprint density at radius 3 is 2.67 bits per heavy atom. The molecule has 86 valence electrons. The Morgan fingerprint density at radius 1 is 1.06 bits per heavy atom. The quantitative estimate of drug-likeness (QED) is 0.514. The highest BCUT2D eigenvalue weighted by Gasteiger charge is 2.13. The largest absolute Gasteiger partial charge is 0.285 e. The van der Waals surface area contributed by atoms with Crippen molar-refractivity contribution in [2.45, 2.75) is 0 Å². The van der Waals surface area contributed by atoms with Crippen molar-refractivity contribution >= 4 is 42.9 Å². The molecule has 0 unspecified atom stereocenters. The van der Waals surface area contributed by atoms with E-state index in [0.29, 0.717) is 20.6 Å². The van der Waals surface area contributed by atoms with Gasteiger partial charge in [0.05, 0.1) is 11.0 Å². The molecule has 0 amide bonds. The van der Waals surface area contributed by atoms with E-state index in [2.05, 4.69) is 25.4 Å². The second kappa shape index (κ2) is 3.30. The van der Waals surface area contributed by atoms with Crippen LogP contribution in [0, 0.1) is 0 Å². The van der Waals surface area contributed by atoms with Crippen LogP contribution in [0.3, 0.4) is 0 Å². The van der Waals surface area contributed by atoms with Crippen molar-refractivity contribution in [3.8, 4) is 0 Å². The molecule has 0 spiro atoms. The molecule has 3 heterocycles. The summed E-state index contributed by atoms with van der Waals surface area (Å²) in [7, 11) is 0. The monoisotopic (exact) mass is 255 g/mol. The predicted octanol–water partition coefficient (Wildman–Crippen LogP) is 1.48. The number of rotatable bonds is 0. The van der Waals surface area contributed by atoms with Crippen LogP contribution in [-0.4, -0.2) is 25.4 Å². The molecule has 0 fully saturated rings. The third kappa shape index (κ3) is 1.19. The summed E-state index contributed by atoms with van der Waals surface area (Å²) in [5.74, 6) is 0. The number of aromatic nitrogens is 5. The molecule has 0 radical (unpaired) electrons. The Labute approximate surface area is 103 Å². The summed E-state index contributed by atoms with van der Waals surface area (Å²) < 4.78 is 0.510. The number of nitrogens with one attached hydrogen (secondary N) is 1. The maximum absolute atomic E-state index is 11.6. The first-order valence-electron chi connectivity index (χ1n) is 5.23. The van der Waals surface area contributed by atoms with Crippen LogP contribution in [0.5, 0.6) is 0 Å². The van der Waals surface area contributed by atoms with Gasteiger partial charge < -0.3 is 0 Å². The maximum atomic E-state index is 11.6. The van der Waals surface area contributed by atoms with Crippen LogP contribution in [0.1, 0.15) is 0 Å². The molecule has 0 aliphatic carbocycles. The lowest BCUT2D eigenvalue weighted by Gasteiger charge is -1.95. The number of thiophene rings is 1. The molecule has 3 aromatic heterocycles. The molecule has 4 aromatic rings. The molecular weight excluding hydrogens is 250 g/mol. The van der Waals surface area contributed by atoms with Gasteiger partial charge in [-0.1, -0.05) is 17.3 Å². The van der Waals surface area contributed by atoms with Crippen LogP contribution >= 0.6 is 11.3 Å². The first kappa shape index (κ1) is 9.60. The molecule has 0 aliphatic heterocycles. The van der Waals surface area contributed by atoms with Crippen molar-refractivity contribution in [1.82, 2.24) is 25.4 Å². The van der Waals surface area contributed by atoms with Crippen molar-refractivity contribution in [2.75, 3.05) is 0 Å². The number of fused-ring (bicyclic) bond motifs is 4. The molecule has 0 saturated carbocycles. The molecule has 0 aliphatic rings. The van der Waals surface area contributed by atoms with Gasteiger partial charge in [-0.05, 0) is 12.1 Å². The van der Waals surface area contributed by atoms with E-state index in [-0.39, 0.29) is 5.56 Å². The number of benzene rings is 1. The fourth-order valence-corrected chi connectivity index (χ4v) is 2.83. The van der Waals surface area contributed by atoms with E-state index < -0.39 is 0 Å². The average molecular weight is 255 g/mol. The van der Waals surface area contributed by atoms with Gasteiger partial charge in [-0.25, -0.2) is 15.1 Å². The molecule has 0 bridgehead atoms. The summed E-state index contributed by atoms with van der Waals surface area (Å²) in [6.45, 7) is 0. The molecular formula is C11H5N5OS. The number of aromatic amines is 1. The summed E-state index contributed by atoms with van der Waals surface area (Å²) in [5.41, 5.74) is 2.48. The minimum atomic E-state index is -0.256. The van der Waals surface area contributed by atoms with Crippen LogP contribution in [0.15, 0.2) is 29.1 Å². The maximum Gasteiger partial charge on any atom is 0.285 e. The van der Waals surface area contributed by atoms with Crippen molar-refractivity contribution in [3.05, 3.63) is 34.6 Å². The lowest BCUT2D eigenvalue weighted by molar-refractivity contribution is 0.876. The van der Waals surface area contributed by atoms with E-state index in [4.69, 9.17) is 0 Å². The van der Waals surface area contributed by atoms with Gasteiger partial charge in [0.25, 0.3) is 5.56 Å². The fraction of sp³-hybridized carbons (Fsp3) is 0. The molecule has 0 saturated heterocycles. The van der Waals surface area contributed by atoms with E-state index in [1.165, 1.54) is 11.3 Å². The Bertz CT molecular complexity index is 958. The molecule has 6 nitrogen and oxygen atoms in total. The number of H-pyrrole nitrogens is 1. The zero-order valence-corrected chi connectivity index (χ0v) is 9.73. The van der Waals surface area contributed by atoms with Crippen LogP contribution in [0.25, 0.3) is 31.6 Å². The summed E-state index contributed by atoms with van der Waals surface area (Å²) in [6, 6.07) is 7.58. The molecule has 0 atom stereocenters. The van der Waals surface area contributed by atoms with Gasteiger partial charge in [0.2, 0.25) is 0 Å². The highest BCUT2D eigenvalue weighted by Crippen LogP contribution is 2.28. The van der Waals surface area contributed by atoms with Crippen LogP contribution in [0.2, 0.25) is 0 Å². The van der Waals surface area contributed by atoms with Gasteiger partial charge in [0.1, 0.15) is 20.6 Å². The van der Waals surface area contributed by atoms with Gasteiger partial charge in [-0.3, -0.25) is 4.79 Å². The van der Waals surface area contributed by atoms with Crippen molar-refractivity contribution in [1.29, 1.82) is 0 Å². The standard InChI is InChI=1S/C11H5N5OS/c17-10-9-7(14-16-15-10)8-11(18-9)13-6-4-2-1-3-5(6)12-8/h1-4H,(H,14,15,17). The Balaban J connectivity index is 2.31. The van der Waals surface area contributed by atoms with Gasteiger partial charge in [0, 0.05) is 0 Å². The summed E-state index contributed by atoms with van der Waals surface area (Å²) in [5, 5.41) is 9.82. The summed E-state index contributed by atoms with van der Waals surface area (Å²) in [4.78, 5) is 21.3. The van der Waals surface area contributed by atoms with Crippen molar-refractivity contribution in [3.63, 3.8) is 0 Å². The van der Waals surface area contributed by atoms with Crippen molar-refractivity contribution < 1.29 is 0 Å². The number of hydrogen-bond donors (Lipinski definition) is 1. The molecule has 18 heavy (non-hydrogen) atoms. The number of nitrogens with zero attached hydrogens (tertiary/aromatic N) is 4. The lowest BCUT2D eigenvalue weighted by atomic mass is 10.3. The zero-order valence-electron chi connectivity index (χ0n) is 8.91. The minimum absolute atomic E-state index is 0.256. The first-order chi connectivity index (χ1) is 8.83. The van der Waals surface area contributed by atoms with Crippen molar-refractivity contribution in [2.24, 2.45) is 0 Å².